The summed E-state index contributed by atoms with van der Waals surface area (Å²) in [7, 11) is 0. The summed E-state index contributed by atoms with van der Waals surface area (Å²) in [5.41, 5.74) is 0. The Morgan fingerprint density at radius 3 is 2.83 bits per heavy atom. The molecule has 0 unspecified atom stereocenters. The van der Waals surface area contributed by atoms with E-state index in [4.69, 9.17) is 9.52 Å². The second kappa shape index (κ2) is 7.63. The lowest BCUT2D eigenvalue weighted by molar-refractivity contribution is -0.137. The molecule has 8 nitrogen and oxygen atoms in total. The van der Waals surface area contributed by atoms with Crippen LogP contribution in [0.15, 0.2) is 27.7 Å². The summed E-state index contributed by atoms with van der Waals surface area (Å²) in [6.45, 7) is -0.225. The third-order valence-corrected chi connectivity index (χ3v) is 3.79. The molecule has 2 heterocycles. The number of amides is 3. The minimum absolute atomic E-state index is 0.0618. The Labute approximate surface area is 135 Å². The van der Waals surface area contributed by atoms with Gasteiger partial charge in [-0.15, -0.1) is 0 Å². The maximum atomic E-state index is 12.1. The third kappa shape index (κ3) is 4.71. The van der Waals surface area contributed by atoms with Gasteiger partial charge >= 0.3 is 5.97 Å². The fraction of sp³-hybridized carbons (Fsp3) is 0.286. The zero-order valence-corrected chi connectivity index (χ0v) is 12.8. The second-order valence-electron chi connectivity index (χ2n) is 4.63. The van der Waals surface area contributed by atoms with E-state index in [1.807, 2.05) is 0 Å². The predicted octanol–water partition coefficient (Wildman–Crippen LogP) is 1.30. The van der Waals surface area contributed by atoms with Gasteiger partial charge in [-0.25, -0.2) is 0 Å². The van der Waals surface area contributed by atoms with E-state index in [9.17, 15) is 19.2 Å². The maximum absolute atomic E-state index is 12.1. The molecule has 0 spiro atoms. The summed E-state index contributed by atoms with van der Waals surface area (Å²) in [6, 6.07) is 3.30. The maximum Gasteiger partial charge on any atom is 0.303 e. The summed E-state index contributed by atoms with van der Waals surface area (Å²) in [5, 5.41) is 10.4. The number of hydrogen-bond donors (Lipinski definition) is 2. The van der Waals surface area contributed by atoms with Gasteiger partial charge in [0.25, 0.3) is 11.1 Å². The number of carbonyl (C=O) groups excluding carboxylic acids is 3. The number of nitrogens with zero attached hydrogens (tertiary/aromatic N) is 1. The average Bonchev–Trinajstić information content (AvgIpc) is 3.08. The lowest BCUT2D eigenvalue weighted by Crippen LogP contribution is -2.39. The highest BCUT2D eigenvalue weighted by Gasteiger charge is 2.36. The molecule has 1 fully saturated rings. The molecule has 0 atom stereocenters. The van der Waals surface area contributed by atoms with E-state index in [-0.39, 0.29) is 24.3 Å². The van der Waals surface area contributed by atoms with Crippen molar-refractivity contribution in [3.63, 3.8) is 0 Å². The topological polar surface area (TPSA) is 117 Å². The highest BCUT2D eigenvalue weighted by atomic mass is 32.2. The molecule has 2 N–H and O–H groups in total. The van der Waals surface area contributed by atoms with Gasteiger partial charge in [-0.1, -0.05) is 0 Å². The fourth-order valence-corrected chi connectivity index (χ4v) is 2.62. The van der Waals surface area contributed by atoms with Crippen LogP contribution in [0.25, 0.3) is 6.08 Å². The molecule has 1 saturated heterocycles. The van der Waals surface area contributed by atoms with Gasteiger partial charge in [0.2, 0.25) is 5.91 Å². The first-order chi connectivity index (χ1) is 11.0. The SMILES string of the molecule is O=C(O)CCCNC(=O)CN1C(=O)S/C(=C\c2ccco2)C1=O. The summed E-state index contributed by atoms with van der Waals surface area (Å²) in [5.74, 6) is -1.59. The second-order valence-corrected chi connectivity index (χ2v) is 5.62. The van der Waals surface area contributed by atoms with Crippen LogP contribution in [0, 0.1) is 0 Å². The van der Waals surface area contributed by atoms with Crippen molar-refractivity contribution in [1.82, 2.24) is 10.2 Å². The molecule has 1 aromatic heterocycles. The molecule has 3 amide bonds. The van der Waals surface area contributed by atoms with Gasteiger partial charge in [-0.2, -0.15) is 0 Å². The first-order valence-electron chi connectivity index (χ1n) is 6.74. The van der Waals surface area contributed by atoms with Crippen molar-refractivity contribution in [2.24, 2.45) is 0 Å². The number of carboxylic acid groups (broad SMARTS) is 1. The van der Waals surface area contributed by atoms with Gasteiger partial charge < -0.3 is 14.8 Å². The van der Waals surface area contributed by atoms with Gasteiger partial charge in [-0.3, -0.25) is 24.1 Å². The molecule has 0 saturated carbocycles. The molecule has 122 valence electrons. The number of hydrogen-bond acceptors (Lipinski definition) is 6. The van der Waals surface area contributed by atoms with Crippen LogP contribution in [-0.4, -0.2) is 46.1 Å². The molecule has 1 aliphatic rings. The Balaban J connectivity index is 1.88. The summed E-state index contributed by atoms with van der Waals surface area (Å²) < 4.78 is 5.08. The Morgan fingerprint density at radius 2 is 2.17 bits per heavy atom. The van der Waals surface area contributed by atoms with E-state index >= 15 is 0 Å². The molecule has 0 bridgehead atoms. The number of carbonyl (C=O) groups is 4. The van der Waals surface area contributed by atoms with E-state index in [0.717, 1.165) is 16.7 Å². The molecule has 1 aromatic rings. The van der Waals surface area contributed by atoms with Crippen molar-refractivity contribution >= 4 is 40.9 Å². The number of nitrogens with one attached hydrogen (secondary N) is 1. The van der Waals surface area contributed by atoms with Gasteiger partial charge in [0.05, 0.1) is 11.2 Å². The highest BCUT2D eigenvalue weighted by Crippen LogP contribution is 2.31. The van der Waals surface area contributed by atoms with Gasteiger partial charge in [-0.05, 0) is 30.3 Å². The minimum Gasteiger partial charge on any atom is -0.481 e. The van der Waals surface area contributed by atoms with E-state index in [0.29, 0.717) is 5.76 Å². The largest absolute Gasteiger partial charge is 0.481 e. The average molecular weight is 338 g/mol. The standard InChI is InChI=1S/C14H14N2O6S/c17-11(15-5-1-4-12(18)19)8-16-13(20)10(23-14(16)21)7-9-3-2-6-22-9/h2-3,6-7H,1,4-5,8H2,(H,15,17)(H,18,19)/b10-7-. The number of furan rings is 1. The molecular weight excluding hydrogens is 324 g/mol. The van der Waals surface area contributed by atoms with E-state index in [2.05, 4.69) is 5.32 Å². The van der Waals surface area contributed by atoms with Crippen molar-refractivity contribution in [2.45, 2.75) is 12.8 Å². The number of thioether (sulfide) groups is 1. The van der Waals surface area contributed by atoms with Crippen LogP contribution in [0.1, 0.15) is 18.6 Å². The number of aliphatic carboxylic acids is 1. The van der Waals surface area contributed by atoms with Gasteiger partial charge in [0.15, 0.2) is 0 Å². The van der Waals surface area contributed by atoms with Gasteiger partial charge in [0, 0.05) is 19.0 Å². The van der Waals surface area contributed by atoms with Crippen LogP contribution in [-0.2, 0) is 14.4 Å². The van der Waals surface area contributed by atoms with Crippen LogP contribution < -0.4 is 5.32 Å². The highest BCUT2D eigenvalue weighted by molar-refractivity contribution is 8.18. The summed E-state index contributed by atoms with van der Waals surface area (Å²) in [4.78, 5) is 47.0. The van der Waals surface area contributed by atoms with Crippen molar-refractivity contribution in [3.05, 3.63) is 29.1 Å². The summed E-state index contributed by atoms with van der Waals surface area (Å²) >= 11 is 0.735. The number of carboxylic acids is 1. The number of rotatable bonds is 7. The van der Waals surface area contributed by atoms with Crippen LogP contribution in [0.3, 0.4) is 0 Å². The first kappa shape index (κ1) is 16.8. The third-order valence-electron chi connectivity index (χ3n) is 2.88. The Hall–Kier alpha value is -2.55. The monoisotopic (exact) mass is 338 g/mol. The van der Waals surface area contributed by atoms with Crippen molar-refractivity contribution in [2.75, 3.05) is 13.1 Å². The Morgan fingerprint density at radius 1 is 1.39 bits per heavy atom. The van der Waals surface area contributed by atoms with Crippen LogP contribution in [0.2, 0.25) is 0 Å². The Bertz CT molecular complexity index is 652. The van der Waals surface area contributed by atoms with E-state index in [1.54, 1.807) is 12.1 Å². The van der Waals surface area contributed by atoms with Crippen LogP contribution in [0.5, 0.6) is 0 Å². The van der Waals surface area contributed by atoms with Crippen LogP contribution in [0.4, 0.5) is 4.79 Å². The first-order valence-corrected chi connectivity index (χ1v) is 7.56. The minimum atomic E-state index is -0.951. The summed E-state index contributed by atoms with van der Waals surface area (Å²) in [6.07, 6.45) is 3.10. The molecule has 0 aromatic carbocycles. The smallest absolute Gasteiger partial charge is 0.303 e. The van der Waals surface area contributed by atoms with Crippen molar-refractivity contribution < 1.29 is 28.7 Å². The number of imide groups is 1. The van der Waals surface area contributed by atoms with E-state index < -0.39 is 29.6 Å². The van der Waals surface area contributed by atoms with Gasteiger partial charge in [0.1, 0.15) is 12.3 Å². The fourth-order valence-electron chi connectivity index (χ4n) is 1.81. The zero-order valence-electron chi connectivity index (χ0n) is 12.0. The molecule has 23 heavy (non-hydrogen) atoms. The molecule has 0 radical (unpaired) electrons. The Kier molecular flexibility index (Phi) is 5.58. The normalized spacial score (nSPS) is 16.2. The predicted molar refractivity (Wildman–Crippen MR) is 81.3 cm³/mol. The molecule has 0 aliphatic carbocycles. The molecule has 2 rings (SSSR count). The molecule has 9 heteroatoms. The molecular formula is C14H14N2O6S. The van der Waals surface area contributed by atoms with Crippen molar-refractivity contribution in [1.29, 1.82) is 0 Å². The quantitative estimate of drug-likeness (QED) is 0.568. The molecule has 1 aliphatic heterocycles. The van der Waals surface area contributed by atoms with E-state index in [1.165, 1.54) is 12.3 Å². The lowest BCUT2D eigenvalue weighted by atomic mass is 10.3. The zero-order chi connectivity index (χ0) is 16.8. The van der Waals surface area contributed by atoms with Crippen molar-refractivity contribution in [3.8, 4) is 0 Å². The lowest BCUT2D eigenvalue weighted by Gasteiger charge is -2.12. The van der Waals surface area contributed by atoms with Crippen LogP contribution >= 0.6 is 11.8 Å².